The van der Waals surface area contributed by atoms with Crippen molar-refractivity contribution < 1.29 is 19.4 Å². The quantitative estimate of drug-likeness (QED) is 0.823. The van der Waals surface area contributed by atoms with Crippen LogP contribution in [-0.2, 0) is 17.6 Å². The average Bonchev–Trinajstić information content (AvgIpc) is 2.94. The number of ether oxygens (including phenoxy) is 2. The Morgan fingerprint density at radius 1 is 1.21 bits per heavy atom. The number of halogens is 1. The molecule has 28 heavy (non-hydrogen) atoms. The van der Waals surface area contributed by atoms with E-state index in [-0.39, 0.29) is 30.9 Å². The van der Waals surface area contributed by atoms with Crippen LogP contribution in [0.2, 0.25) is 5.02 Å². The lowest BCUT2D eigenvalue weighted by Gasteiger charge is -2.33. The van der Waals surface area contributed by atoms with Crippen molar-refractivity contribution in [2.75, 3.05) is 19.8 Å². The summed E-state index contributed by atoms with van der Waals surface area (Å²) in [5, 5.41) is 13.4. The summed E-state index contributed by atoms with van der Waals surface area (Å²) in [6.07, 6.45) is 2.76. The van der Waals surface area contributed by atoms with E-state index in [2.05, 4.69) is 11.4 Å². The van der Waals surface area contributed by atoms with Crippen LogP contribution in [-0.4, -0.2) is 30.8 Å². The van der Waals surface area contributed by atoms with Crippen molar-refractivity contribution >= 4 is 17.5 Å². The first-order chi connectivity index (χ1) is 13.7. The highest BCUT2D eigenvalue weighted by Gasteiger charge is 2.30. The van der Waals surface area contributed by atoms with Crippen LogP contribution in [0.25, 0.3) is 0 Å². The van der Waals surface area contributed by atoms with Crippen LogP contribution in [0.4, 0.5) is 0 Å². The van der Waals surface area contributed by atoms with Crippen LogP contribution in [0, 0.1) is 5.92 Å². The second-order valence-corrected chi connectivity index (χ2v) is 7.76. The molecule has 5 nitrogen and oxygen atoms in total. The van der Waals surface area contributed by atoms with Gasteiger partial charge in [-0.05, 0) is 41.7 Å². The highest BCUT2D eigenvalue weighted by molar-refractivity contribution is 6.32. The molecule has 148 valence electrons. The summed E-state index contributed by atoms with van der Waals surface area (Å²) < 4.78 is 11.4. The molecule has 1 amide bonds. The zero-order chi connectivity index (χ0) is 19.5. The normalized spacial score (nSPS) is 20.8. The van der Waals surface area contributed by atoms with Gasteiger partial charge in [0.2, 0.25) is 5.91 Å². The molecule has 2 atom stereocenters. The number of benzene rings is 2. The molecule has 4 rings (SSSR count). The largest absolute Gasteiger partial charge is 0.489 e. The average molecular weight is 402 g/mol. The van der Waals surface area contributed by atoms with Crippen molar-refractivity contribution in [3.63, 3.8) is 0 Å². The molecule has 0 aromatic heterocycles. The van der Waals surface area contributed by atoms with E-state index in [9.17, 15) is 9.90 Å². The van der Waals surface area contributed by atoms with Gasteiger partial charge >= 0.3 is 0 Å². The monoisotopic (exact) mass is 401 g/mol. The minimum Gasteiger partial charge on any atom is -0.489 e. The minimum atomic E-state index is -0.182. The van der Waals surface area contributed by atoms with Crippen LogP contribution >= 0.6 is 11.6 Å². The third-order valence-corrected chi connectivity index (χ3v) is 5.70. The molecule has 0 fully saturated rings. The van der Waals surface area contributed by atoms with Gasteiger partial charge in [0.05, 0.1) is 30.7 Å². The van der Waals surface area contributed by atoms with Gasteiger partial charge in [0.25, 0.3) is 0 Å². The van der Waals surface area contributed by atoms with Crippen molar-refractivity contribution in [1.29, 1.82) is 0 Å². The molecular formula is C22H24ClNO4. The SMILES string of the molecule is O=C(Cc1cc(Cl)c2c(c1)OCCCO2)N[C@@H]1c2ccccc2CC[C@@H]1CO. The highest BCUT2D eigenvalue weighted by atomic mass is 35.5. The predicted octanol–water partition coefficient (Wildman–Crippen LogP) is 3.46. The number of carbonyl (C=O) groups is 1. The second kappa shape index (κ2) is 8.41. The molecule has 0 bridgehead atoms. The first-order valence-electron chi connectivity index (χ1n) is 9.71. The topological polar surface area (TPSA) is 67.8 Å². The summed E-state index contributed by atoms with van der Waals surface area (Å²) in [5.41, 5.74) is 3.10. The van der Waals surface area contributed by atoms with Gasteiger partial charge in [-0.3, -0.25) is 4.79 Å². The molecule has 1 heterocycles. The fraction of sp³-hybridized carbons (Fsp3) is 0.409. The first-order valence-corrected chi connectivity index (χ1v) is 10.1. The molecule has 2 aliphatic rings. The summed E-state index contributed by atoms with van der Waals surface area (Å²) in [7, 11) is 0. The molecule has 1 aliphatic heterocycles. The molecule has 0 spiro atoms. The number of nitrogens with one attached hydrogen (secondary N) is 1. The summed E-state index contributed by atoms with van der Waals surface area (Å²) in [6.45, 7) is 1.18. The predicted molar refractivity (Wildman–Crippen MR) is 107 cm³/mol. The van der Waals surface area contributed by atoms with Crippen molar-refractivity contribution in [2.24, 2.45) is 5.92 Å². The molecular weight excluding hydrogens is 378 g/mol. The smallest absolute Gasteiger partial charge is 0.224 e. The summed E-state index contributed by atoms with van der Waals surface area (Å²) in [5.74, 6) is 1.05. The van der Waals surface area contributed by atoms with E-state index in [1.807, 2.05) is 24.3 Å². The number of aliphatic hydroxyl groups excluding tert-OH is 1. The summed E-state index contributed by atoms with van der Waals surface area (Å²) in [4.78, 5) is 12.8. The highest BCUT2D eigenvalue weighted by Crippen LogP contribution is 2.38. The molecule has 0 saturated carbocycles. The molecule has 2 aromatic carbocycles. The number of aliphatic hydroxyl groups is 1. The van der Waals surface area contributed by atoms with E-state index in [0.717, 1.165) is 30.4 Å². The Hall–Kier alpha value is -2.24. The Morgan fingerprint density at radius 2 is 2.04 bits per heavy atom. The number of hydrogen-bond donors (Lipinski definition) is 2. The van der Waals surface area contributed by atoms with Crippen LogP contribution in [0.1, 0.15) is 35.6 Å². The number of carbonyl (C=O) groups excluding carboxylic acids is 1. The maximum absolute atomic E-state index is 12.8. The lowest BCUT2D eigenvalue weighted by Crippen LogP contribution is -2.38. The Balaban J connectivity index is 1.51. The standard InChI is InChI=1S/C22H24ClNO4/c23-18-10-14(11-19-22(18)28-9-3-8-27-19)12-20(26)24-21-16(13-25)7-6-15-4-1-2-5-17(15)21/h1-2,4-5,10-11,16,21,25H,3,6-9,12-13H2,(H,24,26)/t16-,21+/m1/s1. The fourth-order valence-corrected chi connectivity index (χ4v) is 4.30. The van der Waals surface area contributed by atoms with Crippen LogP contribution in [0.3, 0.4) is 0 Å². The molecule has 0 unspecified atom stereocenters. The maximum Gasteiger partial charge on any atom is 0.224 e. The lowest BCUT2D eigenvalue weighted by atomic mass is 9.80. The lowest BCUT2D eigenvalue weighted by molar-refractivity contribution is -0.121. The molecule has 1 aliphatic carbocycles. The fourth-order valence-electron chi connectivity index (χ4n) is 4.02. The number of aryl methyl sites for hydroxylation is 1. The Morgan fingerprint density at radius 3 is 2.89 bits per heavy atom. The van der Waals surface area contributed by atoms with E-state index in [0.29, 0.717) is 29.7 Å². The Labute approximate surface area is 169 Å². The van der Waals surface area contributed by atoms with Gasteiger partial charge in [-0.15, -0.1) is 0 Å². The van der Waals surface area contributed by atoms with Crippen molar-refractivity contribution in [2.45, 2.75) is 31.7 Å². The molecule has 2 N–H and O–H groups in total. The Bertz CT molecular complexity index is 870. The van der Waals surface area contributed by atoms with Gasteiger partial charge in [0, 0.05) is 18.9 Å². The zero-order valence-corrected chi connectivity index (χ0v) is 16.4. The minimum absolute atomic E-state index is 0.0196. The van der Waals surface area contributed by atoms with E-state index < -0.39 is 0 Å². The van der Waals surface area contributed by atoms with Crippen LogP contribution in [0.15, 0.2) is 36.4 Å². The molecule has 0 saturated heterocycles. The third kappa shape index (κ3) is 3.96. The number of fused-ring (bicyclic) bond motifs is 2. The summed E-state index contributed by atoms with van der Waals surface area (Å²) in [6, 6.07) is 11.5. The van der Waals surface area contributed by atoms with Crippen LogP contribution < -0.4 is 14.8 Å². The Kier molecular flexibility index (Phi) is 5.74. The molecule has 2 aromatic rings. The van der Waals surface area contributed by atoms with Crippen molar-refractivity contribution in [3.8, 4) is 11.5 Å². The molecule has 0 radical (unpaired) electrons. The van der Waals surface area contributed by atoms with Gasteiger partial charge in [0.15, 0.2) is 11.5 Å². The van der Waals surface area contributed by atoms with Gasteiger partial charge in [-0.2, -0.15) is 0 Å². The van der Waals surface area contributed by atoms with Crippen LogP contribution in [0.5, 0.6) is 11.5 Å². The number of hydrogen-bond acceptors (Lipinski definition) is 4. The van der Waals surface area contributed by atoms with Crippen molar-refractivity contribution in [3.05, 3.63) is 58.1 Å². The number of amides is 1. The molecule has 6 heteroatoms. The third-order valence-electron chi connectivity index (χ3n) is 5.42. The van der Waals surface area contributed by atoms with E-state index in [4.69, 9.17) is 21.1 Å². The van der Waals surface area contributed by atoms with E-state index in [1.54, 1.807) is 6.07 Å². The maximum atomic E-state index is 12.8. The van der Waals surface area contributed by atoms with Crippen molar-refractivity contribution in [1.82, 2.24) is 5.32 Å². The zero-order valence-electron chi connectivity index (χ0n) is 15.6. The van der Waals surface area contributed by atoms with Gasteiger partial charge in [-0.1, -0.05) is 35.9 Å². The van der Waals surface area contributed by atoms with E-state index in [1.165, 1.54) is 5.56 Å². The second-order valence-electron chi connectivity index (χ2n) is 7.36. The van der Waals surface area contributed by atoms with Gasteiger partial charge in [0.1, 0.15) is 0 Å². The number of rotatable bonds is 4. The first kappa shape index (κ1) is 19.1. The van der Waals surface area contributed by atoms with Gasteiger partial charge < -0.3 is 19.9 Å². The van der Waals surface area contributed by atoms with E-state index >= 15 is 0 Å². The summed E-state index contributed by atoms with van der Waals surface area (Å²) >= 11 is 6.34. The van der Waals surface area contributed by atoms with Gasteiger partial charge in [-0.25, -0.2) is 0 Å².